The summed E-state index contributed by atoms with van der Waals surface area (Å²) in [6, 6.07) is 10.2. The first-order valence-electron chi connectivity index (χ1n) is 11.0. The van der Waals surface area contributed by atoms with Gasteiger partial charge in [-0.1, -0.05) is 30.3 Å². The second kappa shape index (κ2) is 7.15. The SMILES string of the molecule is CC(C)(C)OC(=O)N1C[C@@H]2C[C@]3([C@@H](C1)O[C@@H]1OC(C)(C)O[C@@H]13)N(Cc1ccccc1)O2. The number of carbonyl (C=O) groups is 1. The van der Waals surface area contributed by atoms with E-state index >= 15 is 0 Å². The van der Waals surface area contributed by atoms with Crippen molar-refractivity contribution in [1.29, 1.82) is 0 Å². The fourth-order valence-corrected chi connectivity index (χ4v) is 5.19. The van der Waals surface area contributed by atoms with Crippen molar-refractivity contribution in [1.82, 2.24) is 9.96 Å². The van der Waals surface area contributed by atoms with Gasteiger partial charge in [0.15, 0.2) is 12.1 Å². The van der Waals surface area contributed by atoms with Crippen molar-refractivity contribution in [3.05, 3.63) is 35.9 Å². The first-order valence-corrected chi connectivity index (χ1v) is 11.0. The number of hydrogen-bond donors (Lipinski definition) is 0. The highest BCUT2D eigenvalue weighted by Gasteiger charge is 2.70. The Hall–Kier alpha value is -1.71. The van der Waals surface area contributed by atoms with Gasteiger partial charge < -0.3 is 23.8 Å². The molecule has 1 amide bonds. The maximum Gasteiger partial charge on any atom is 0.410 e. The Labute approximate surface area is 183 Å². The Morgan fingerprint density at radius 3 is 2.61 bits per heavy atom. The van der Waals surface area contributed by atoms with E-state index in [0.717, 1.165) is 5.56 Å². The molecule has 0 unspecified atom stereocenters. The Bertz CT molecular complexity index is 840. The summed E-state index contributed by atoms with van der Waals surface area (Å²) in [6.45, 7) is 10.9. The molecule has 170 valence electrons. The average molecular weight is 433 g/mol. The van der Waals surface area contributed by atoms with Crippen molar-refractivity contribution < 1.29 is 28.6 Å². The summed E-state index contributed by atoms with van der Waals surface area (Å²) >= 11 is 0. The van der Waals surface area contributed by atoms with Gasteiger partial charge >= 0.3 is 6.09 Å². The maximum absolute atomic E-state index is 12.9. The van der Waals surface area contributed by atoms with E-state index in [2.05, 4.69) is 12.1 Å². The fraction of sp³-hybridized carbons (Fsp3) is 0.696. The summed E-state index contributed by atoms with van der Waals surface area (Å²) in [4.78, 5) is 21.0. The van der Waals surface area contributed by atoms with Gasteiger partial charge in [-0.3, -0.25) is 4.84 Å². The Morgan fingerprint density at radius 1 is 1.16 bits per heavy atom. The standard InChI is InChI=1S/C23H32N2O6/c1-21(2,3)30-20(26)24-13-16-11-23(25(31-16)12-15-9-7-6-8-10-15)17(14-24)27-19-18(23)28-22(4,5)29-19/h6-10,16-19H,11-14H2,1-5H3/t16-,17+,18-,19+,23+/m0/s1. The molecule has 1 aromatic rings. The molecule has 0 aliphatic carbocycles. The first kappa shape index (κ1) is 21.2. The van der Waals surface area contributed by atoms with Gasteiger partial charge in [0, 0.05) is 13.0 Å². The summed E-state index contributed by atoms with van der Waals surface area (Å²) in [5, 5.41) is 2.03. The molecule has 4 aliphatic heterocycles. The van der Waals surface area contributed by atoms with Gasteiger partial charge in [0.2, 0.25) is 0 Å². The lowest BCUT2D eigenvalue weighted by Crippen LogP contribution is -2.60. The molecule has 1 aromatic carbocycles. The molecule has 8 heteroatoms. The Balaban J connectivity index is 1.46. The third kappa shape index (κ3) is 3.74. The van der Waals surface area contributed by atoms with Crippen LogP contribution in [0, 0.1) is 0 Å². The van der Waals surface area contributed by atoms with Gasteiger partial charge in [-0.25, -0.2) is 4.79 Å². The molecule has 5 atom stereocenters. The van der Waals surface area contributed by atoms with Crippen molar-refractivity contribution in [3.8, 4) is 0 Å². The predicted molar refractivity (Wildman–Crippen MR) is 111 cm³/mol. The molecule has 4 aliphatic rings. The second-order valence-electron chi connectivity index (χ2n) is 10.4. The molecular formula is C23H32N2O6. The molecule has 4 fully saturated rings. The molecule has 4 heterocycles. The van der Waals surface area contributed by atoms with Gasteiger partial charge in [-0.2, -0.15) is 5.06 Å². The number of carbonyl (C=O) groups excluding carboxylic acids is 1. The van der Waals surface area contributed by atoms with Crippen LogP contribution in [-0.2, 0) is 30.3 Å². The van der Waals surface area contributed by atoms with E-state index in [-0.39, 0.29) is 24.4 Å². The van der Waals surface area contributed by atoms with Crippen LogP contribution in [0.3, 0.4) is 0 Å². The van der Waals surface area contributed by atoms with Crippen molar-refractivity contribution in [2.24, 2.45) is 0 Å². The zero-order valence-electron chi connectivity index (χ0n) is 18.9. The number of amides is 1. The van der Waals surface area contributed by atoms with Crippen LogP contribution in [0.15, 0.2) is 30.3 Å². The topological polar surface area (TPSA) is 69.7 Å². The molecule has 4 saturated heterocycles. The lowest BCUT2D eigenvalue weighted by molar-refractivity contribution is -0.260. The van der Waals surface area contributed by atoms with Crippen molar-refractivity contribution in [2.75, 3.05) is 13.1 Å². The van der Waals surface area contributed by atoms with Crippen molar-refractivity contribution in [2.45, 2.75) is 89.1 Å². The van der Waals surface area contributed by atoms with Gasteiger partial charge in [0.25, 0.3) is 0 Å². The van der Waals surface area contributed by atoms with E-state index in [4.69, 9.17) is 23.8 Å². The molecule has 0 aromatic heterocycles. The summed E-state index contributed by atoms with van der Waals surface area (Å²) in [6.07, 6.45) is -0.946. The Kier molecular flexibility index (Phi) is 4.88. The van der Waals surface area contributed by atoms with E-state index < -0.39 is 23.2 Å². The van der Waals surface area contributed by atoms with Crippen LogP contribution in [0.5, 0.6) is 0 Å². The predicted octanol–water partition coefficient (Wildman–Crippen LogP) is 3.06. The minimum absolute atomic E-state index is 0.170. The monoisotopic (exact) mass is 432 g/mol. The lowest BCUT2D eigenvalue weighted by atomic mass is 9.84. The molecule has 0 radical (unpaired) electrons. The highest BCUT2D eigenvalue weighted by molar-refractivity contribution is 5.68. The van der Waals surface area contributed by atoms with Crippen LogP contribution in [0.25, 0.3) is 0 Å². The van der Waals surface area contributed by atoms with Crippen LogP contribution in [0.2, 0.25) is 0 Å². The number of benzene rings is 1. The van der Waals surface area contributed by atoms with Crippen LogP contribution in [0.1, 0.15) is 46.6 Å². The minimum Gasteiger partial charge on any atom is -0.444 e. The second-order valence-corrected chi connectivity index (χ2v) is 10.4. The molecule has 0 N–H and O–H groups in total. The number of likely N-dealkylation sites (tertiary alicyclic amines) is 1. The average Bonchev–Trinajstić information content (AvgIpc) is 3.20. The fourth-order valence-electron chi connectivity index (χ4n) is 5.19. The lowest BCUT2D eigenvalue weighted by Gasteiger charge is -2.41. The van der Waals surface area contributed by atoms with Crippen molar-refractivity contribution >= 4 is 6.09 Å². The van der Waals surface area contributed by atoms with Gasteiger partial charge in [0.05, 0.1) is 19.2 Å². The van der Waals surface area contributed by atoms with E-state index in [0.29, 0.717) is 26.1 Å². The van der Waals surface area contributed by atoms with Gasteiger partial charge in [-0.15, -0.1) is 0 Å². The Morgan fingerprint density at radius 2 is 1.90 bits per heavy atom. The van der Waals surface area contributed by atoms with Crippen LogP contribution in [-0.4, -0.2) is 70.7 Å². The number of rotatable bonds is 2. The van der Waals surface area contributed by atoms with E-state index in [1.54, 1.807) is 4.90 Å². The molecular weight excluding hydrogens is 400 g/mol. The van der Waals surface area contributed by atoms with Crippen LogP contribution >= 0.6 is 0 Å². The van der Waals surface area contributed by atoms with Gasteiger partial charge in [0.1, 0.15) is 23.3 Å². The largest absolute Gasteiger partial charge is 0.444 e. The minimum atomic E-state index is -0.733. The third-order valence-corrected chi connectivity index (χ3v) is 6.33. The van der Waals surface area contributed by atoms with Gasteiger partial charge in [-0.05, 0) is 40.2 Å². The number of ether oxygens (including phenoxy) is 4. The molecule has 5 rings (SSSR count). The third-order valence-electron chi connectivity index (χ3n) is 6.33. The molecule has 1 spiro atoms. The molecule has 2 bridgehead atoms. The smallest absolute Gasteiger partial charge is 0.410 e. The quantitative estimate of drug-likeness (QED) is 0.711. The van der Waals surface area contributed by atoms with E-state index in [1.807, 2.05) is 57.9 Å². The zero-order valence-corrected chi connectivity index (χ0v) is 18.9. The summed E-state index contributed by atoms with van der Waals surface area (Å²) in [5.74, 6) is -0.733. The zero-order chi connectivity index (χ0) is 22.0. The number of hydroxylamine groups is 2. The molecule has 31 heavy (non-hydrogen) atoms. The van der Waals surface area contributed by atoms with E-state index in [1.165, 1.54) is 0 Å². The van der Waals surface area contributed by atoms with Crippen LogP contribution < -0.4 is 0 Å². The first-order chi connectivity index (χ1) is 14.6. The number of hydrogen-bond acceptors (Lipinski definition) is 7. The summed E-state index contributed by atoms with van der Waals surface area (Å²) in [7, 11) is 0. The van der Waals surface area contributed by atoms with Crippen molar-refractivity contribution in [3.63, 3.8) is 0 Å². The summed E-state index contributed by atoms with van der Waals surface area (Å²) < 4.78 is 24.4. The highest BCUT2D eigenvalue weighted by atomic mass is 16.8. The maximum atomic E-state index is 12.9. The molecule has 0 saturated carbocycles. The normalized spacial score (nSPS) is 36.7. The highest BCUT2D eigenvalue weighted by Crippen LogP contribution is 2.53. The summed E-state index contributed by atoms with van der Waals surface area (Å²) in [5.41, 5.74) is 0.0340. The number of nitrogens with zero attached hydrogens (tertiary/aromatic N) is 2. The molecule has 8 nitrogen and oxygen atoms in total. The van der Waals surface area contributed by atoms with Crippen LogP contribution in [0.4, 0.5) is 4.79 Å². The van der Waals surface area contributed by atoms with E-state index in [9.17, 15) is 4.79 Å². The number of fused-ring (bicyclic) bond motifs is 2.